The van der Waals surface area contributed by atoms with Crippen molar-refractivity contribution in [3.63, 3.8) is 0 Å². The standard InChI is InChI=1S/C18H24N6O3/c1-13-22-15(12-16(23-13)24-7-9-27-10-8-24)19-5-6-21-18(25)14-3-4-20-17(11-14)26-2/h3-4,11-12H,5-10H2,1-2H3,(H,21,25)(H,19,22,23). The number of hydrogen-bond acceptors (Lipinski definition) is 8. The van der Waals surface area contributed by atoms with Crippen LogP contribution in [0.5, 0.6) is 5.88 Å². The van der Waals surface area contributed by atoms with Gasteiger partial charge in [-0.2, -0.15) is 0 Å². The van der Waals surface area contributed by atoms with Gasteiger partial charge in [-0.25, -0.2) is 15.0 Å². The van der Waals surface area contributed by atoms with E-state index in [0.717, 1.165) is 24.7 Å². The number of ether oxygens (including phenoxy) is 2. The molecule has 1 aliphatic rings. The van der Waals surface area contributed by atoms with Gasteiger partial charge in [-0.3, -0.25) is 4.79 Å². The van der Waals surface area contributed by atoms with Crippen molar-refractivity contribution in [3.05, 3.63) is 35.8 Å². The van der Waals surface area contributed by atoms with Gasteiger partial charge in [0.2, 0.25) is 5.88 Å². The Morgan fingerprint density at radius 1 is 1.26 bits per heavy atom. The molecule has 0 bridgehead atoms. The molecule has 9 heteroatoms. The van der Waals surface area contributed by atoms with Crippen molar-refractivity contribution in [1.82, 2.24) is 20.3 Å². The van der Waals surface area contributed by atoms with Gasteiger partial charge in [-0.05, 0) is 13.0 Å². The Bertz CT molecular complexity index is 779. The average molecular weight is 372 g/mol. The Labute approximate surface area is 158 Å². The van der Waals surface area contributed by atoms with Gasteiger partial charge < -0.3 is 25.0 Å². The molecule has 0 radical (unpaired) electrons. The van der Waals surface area contributed by atoms with Crippen molar-refractivity contribution < 1.29 is 14.3 Å². The van der Waals surface area contributed by atoms with Crippen LogP contribution in [-0.4, -0.2) is 67.4 Å². The van der Waals surface area contributed by atoms with E-state index >= 15 is 0 Å². The Morgan fingerprint density at radius 2 is 2.07 bits per heavy atom. The first-order valence-corrected chi connectivity index (χ1v) is 8.86. The van der Waals surface area contributed by atoms with Crippen molar-refractivity contribution in [2.75, 3.05) is 56.7 Å². The summed E-state index contributed by atoms with van der Waals surface area (Å²) in [6.07, 6.45) is 1.54. The van der Waals surface area contributed by atoms with E-state index in [1.165, 1.54) is 7.11 Å². The number of carbonyl (C=O) groups is 1. The van der Waals surface area contributed by atoms with Gasteiger partial charge in [0.25, 0.3) is 5.91 Å². The molecule has 9 nitrogen and oxygen atoms in total. The number of hydrogen-bond donors (Lipinski definition) is 2. The third-order valence-electron chi connectivity index (χ3n) is 4.08. The third kappa shape index (κ3) is 5.27. The van der Waals surface area contributed by atoms with Gasteiger partial charge in [0.05, 0.1) is 20.3 Å². The van der Waals surface area contributed by atoms with Crippen molar-refractivity contribution in [2.45, 2.75) is 6.92 Å². The highest BCUT2D eigenvalue weighted by Crippen LogP contribution is 2.17. The maximum absolute atomic E-state index is 12.2. The lowest BCUT2D eigenvalue weighted by Gasteiger charge is -2.28. The zero-order valence-electron chi connectivity index (χ0n) is 15.6. The van der Waals surface area contributed by atoms with Crippen LogP contribution < -0.4 is 20.3 Å². The summed E-state index contributed by atoms with van der Waals surface area (Å²) in [7, 11) is 1.52. The predicted octanol–water partition coefficient (Wildman–Crippen LogP) is 0.867. The van der Waals surface area contributed by atoms with E-state index in [0.29, 0.717) is 43.6 Å². The van der Waals surface area contributed by atoms with Crippen LogP contribution in [0.1, 0.15) is 16.2 Å². The number of morpholine rings is 1. The van der Waals surface area contributed by atoms with E-state index in [1.807, 2.05) is 13.0 Å². The number of nitrogens with zero attached hydrogens (tertiary/aromatic N) is 4. The minimum absolute atomic E-state index is 0.176. The second-order valence-electron chi connectivity index (χ2n) is 6.03. The molecule has 0 aromatic carbocycles. The van der Waals surface area contributed by atoms with Gasteiger partial charge in [0.1, 0.15) is 17.5 Å². The van der Waals surface area contributed by atoms with Crippen LogP contribution in [0.25, 0.3) is 0 Å². The first kappa shape index (κ1) is 18.8. The molecule has 3 rings (SSSR count). The lowest BCUT2D eigenvalue weighted by Crippen LogP contribution is -2.37. The number of methoxy groups -OCH3 is 1. The highest BCUT2D eigenvalue weighted by molar-refractivity contribution is 5.94. The topological polar surface area (TPSA) is 102 Å². The van der Waals surface area contributed by atoms with E-state index in [-0.39, 0.29) is 5.91 Å². The molecular formula is C18H24N6O3. The fourth-order valence-electron chi connectivity index (χ4n) is 2.73. The summed E-state index contributed by atoms with van der Waals surface area (Å²) >= 11 is 0. The smallest absolute Gasteiger partial charge is 0.251 e. The van der Waals surface area contributed by atoms with E-state index in [1.54, 1.807) is 18.3 Å². The Morgan fingerprint density at radius 3 is 2.85 bits per heavy atom. The molecule has 0 aliphatic carbocycles. The van der Waals surface area contributed by atoms with Gasteiger partial charge >= 0.3 is 0 Å². The normalized spacial score (nSPS) is 13.9. The predicted molar refractivity (Wildman–Crippen MR) is 101 cm³/mol. The molecule has 0 atom stereocenters. The molecule has 1 amide bonds. The van der Waals surface area contributed by atoms with Gasteiger partial charge in [0.15, 0.2) is 0 Å². The quantitative estimate of drug-likeness (QED) is 0.691. The van der Waals surface area contributed by atoms with E-state index in [9.17, 15) is 4.79 Å². The van der Waals surface area contributed by atoms with Crippen molar-refractivity contribution in [3.8, 4) is 5.88 Å². The van der Waals surface area contributed by atoms with Gasteiger partial charge in [-0.15, -0.1) is 0 Å². The summed E-state index contributed by atoms with van der Waals surface area (Å²) in [4.78, 5) is 27.3. The van der Waals surface area contributed by atoms with Crippen LogP contribution in [0.3, 0.4) is 0 Å². The second-order valence-corrected chi connectivity index (χ2v) is 6.03. The molecule has 2 N–H and O–H groups in total. The number of rotatable bonds is 7. The zero-order chi connectivity index (χ0) is 19.1. The lowest BCUT2D eigenvalue weighted by atomic mass is 10.2. The zero-order valence-corrected chi connectivity index (χ0v) is 15.6. The number of aryl methyl sites for hydroxylation is 1. The third-order valence-corrected chi connectivity index (χ3v) is 4.08. The maximum Gasteiger partial charge on any atom is 0.251 e. The summed E-state index contributed by atoms with van der Waals surface area (Å²) in [5.74, 6) is 2.57. The number of pyridine rings is 1. The van der Waals surface area contributed by atoms with Crippen LogP contribution in [0.15, 0.2) is 24.4 Å². The van der Waals surface area contributed by atoms with Gasteiger partial charge in [-0.1, -0.05) is 0 Å². The SMILES string of the molecule is COc1cc(C(=O)NCCNc2cc(N3CCOCC3)nc(C)n2)ccn1. The Kier molecular flexibility index (Phi) is 6.37. The monoisotopic (exact) mass is 372 g/mol. The molecule has 1 saturated heterocycles. The molecule has 0 spiro atoms. The number of nitrogens with one attached hydrogen (secondary N) is 2. The molecule has 0 unspecified atom stereocenters. The van der Waals surface area contributed by atoms with Crippen LogP contribution in [0.4, 0.5) is 11.6 Å². The average Bonchev–Trinajstić information content (AvgIpc) is 2.71. The molecule has 144 valence electrons. The maximum atomic E-state index is 12.2. The minimum Gasteiger partial charge on any atom is -0.481 e. The fourth-order valence-corrected chi connectivity index (χ4v) is 2.73. The summed E-state index contributed by atoms with van der Waals surface area (Å²) in [5.41, 5.74) is 0.509. The minimum atomic E-state index is -0.176. The molecule has 3 heterocycles. The number of amides is 1. The molecule has 2 aromatic rings. The lowest BCUT2D eigenvalue weighted by molar-refractivity contribution is 0.0954. The fraction of sp³-hybridized carbons (Fsp3) is 0.444. The molecule has 1 fully saturated rings. The first-order chi connectivity index (χ1) is 13.2. The van der Waals surface area contributed by atoms with Crippen LogP contribution >= 0.6 is 0 Å². The van der Waals surface area contributed by atoms with Crippen molar-refractivity contribution >= 4 is 17.5 Å². The van der Waals surface area contributed by atoms with Crippen molar-refractivity contribution in [1.29, 1.82) is 0 Å². The first-order valence-electron chi connectivity index (χ1n) is 8.86. The van der Waals surface area contributed by atoms with E-state index in [4.69, 9.17) is 9.47 Å². The van der Waals surface area contributed by atoms with Gasteiger partial charge in [0, 0.05) is 50.1 Å². The number of carbonyl (C=O) groups excluding carboxylic acids is 1. The van der Waals surface area contributed by atoms with Crippen molar-refractivity contribution in [2.24, 2.45) is 0 Å². The van der Waals surface area contributed by atoms with E-state index < -0.39 is 0 Å². The molecule has 0 saturated carbocycles. The summed E-state index contributed by atoms with van der Waals surface area (Å²) < 4.78 is 10.4. The van der Waals surface area contributed by atoms with Crippen LogP contribution in [0, 0.1) is 6.92 Å². The molecular weight excluding hydrogens is 348 g/mol. The highest BCUT2D eigenvalue weighted by atomic mass is 16.5. The summed E-state index contributed by atoms with van der Waals surface area (Å²) in [6.45, 7) is 5.93. The molecule has 2 aromatic heterocycles. The van der Waals surface area contributed by atoms with Crippen LogP contribution in [0.2, 0.25) is 0 Å². The highest BCUT2D eigenvalue weighted by Gasteiger charge is 2.14. The summed E-state index contributed by atoms with van der Waals surface area (Å²) in [5, 5.41) is 6.09. The van der Waals surface area contributed by atoms with E-state index in [2.05, 4.69) is 30.5 Å². The number of aromatic nitrogens is 3. The largest absolute Gasteiger partial charge is 0.481 e. The number of anilines is 2. The second kappa shape index (κ2) is 9.13. The Balaban J connectivity index is 1.51. The summed E-state index contributed by atoms with van der Waals surface area (Å²) in [6, 6.07) is 5.17. The molecule has 27 heavy (non-hydrogen) atoms. The Hall–Kier alpha value is -2.94. The van der Waals surface area contributed by atoms with Crippen LogP contribution in [-0.2, 0) is 4.74 Å². The molecule has 1 aliphatic heterocycles.